The summed E-state index contributed by atoms with van der Waals surface area (Å²) in [5, 5.41) is 3.52. The summed E-state index contributed by atoms with van der Waals surface area (Å²) in [7, 11) is 0. The molecule has 1 N–H and O–H groups in total. The molecule has 1 nitrogen and oxygen atoms in total. The molecule has 0 heterocycles. The van der Waals surface area contributed by atoms with Gasteiger partial charge < -0.3 is 5.32 Å². The van der Waals surface area contributed by atoms with Gasteiger partial charge in [0.05, 0.1) is 0 Å². The number of nitrogens with one attached hydrogen (secondary N) is 1. The highest BCUT2D eigenvalue weighted by atomic mass is 79.9. The average Bonchev–Trinajstić information content (AvgIpc) is 2.37. The quantitative estimate of drug-likeness (QED) is 0.741. The van der Waals surface area contributed by atoms with Gasteiger partial charge in [-0.25, -0.2) is 4.39 Å². The van der Waals surface area contributed by atoms with Gasteiger partial charge in [0.1, 0.15) is 5.82 Å². The van der Waals surface area contributed by atoms with Gasteiger partial charge in [-0.15, -0.1) is 0 Å². The number of hydrogen-bond acceptors (Lipinski definition) is 1. The van der Waals surface area contributed by atoms with Crippen molar-refractivity contribution in [2.24, 2.45) is 5.92 Å². The van der Waals surface area contributed by atoms with Crippen molar-refractivity contribution in [3.8, 4) is 0 Å². The van der Waals surface area contributed by atoms with E-state index in [1.54, 1.807) is 12.1 Å². The second-order valence-electron chi connectivity index (χ2n) is 4.92. The van der Waals surface area contributed by atoms with Crippen molar-refractivity contribution in [3.63, 3.8) is 0 Å². The first-order valence-corrected chi connectivity index (χ1v) is 7.56. The molecule has 2 atom stereocenters. The first kappa shape index (κ1) is 15.6. The highest BCUT2D eigenvalue weighted by Crippen LogP contribution is 2.29. The van der Waals surface area contributed by atoms with Crippen LogP contribution in [0.2, 0.25) is 0 Å². The van der Waals surface area contributed by atoms with Gasteiger partial charge >= 0.3 is 0 Å². The van der Waals surface area contributed by atoms with Gasteiger partial charge in [0, 0.05) is 10.5 Å². The molecule has 0 radical (unpaired) electrons. The summed E-state index contributed by atoms with van der Waals surface area (Å²) in [6, 6.07) is 5.15. The van der Waals surface area contributed by atoms with Gasteiger partial charge in [-0.1, -0.05) is 43.1 Å². The average molecular weight is 316 g/mol. The Morgan fingerprint density at radius 3 is 2.67 bits per heavy atom. The van der Waals surface area contributed by atoms with Crippen LogP contribution in [0.3, 0.4) is 0 Å². The third-order valence-electron chi connectivity index (χ3n) is 3.31. The van der Waals surface area contributed by atoms with Crippen molar-refractivity contribution >= 4 is 15.9 Å². The molecule has 2 unspecified atom stereocenters. The molecule has 1 aromatic carbocycles. The highest BCUT2D eigenvalue weighted by Gasteiger charge is 2.17. The van der Waals surface area contributed by atoms with Gasteiger partial charge in [-0.05, 0) is 49.1 Å². The molecule has 0 fully saturated rings. The molecule has 0 saturated carbocycles. The fraction of sp³-hybridized carbons (Fsp3) is 0.600. The lowest BCUT2D eigenvalue weighted by Crippen LogP contribution is -2.24. The van der Waals surface area contributed by atoms with E-state index in [2.05, 4.69) is 42.0 Å². The van der Waals surface area contributed by atoms with E-state index < -0.39 is 0 Å². The second-order valence-corrected chi connectivity index (χ2v) is 5.78. The monoisotopic (exact) mass is 315 g/mol. The summed E-state index contributed by atoms with van der Waals surface area (Å²) in [6.45, 7) is 7.55. The Morgan fingerprint density at radius 2 is 2.06 bits per heavy atom. The van der Waals surface area contributed by atoms with E-state index >= 15 is 0 Å². The van der Waals surface area contributed by atoms with E-state index in [-0.39, 0.29) is 11.9 Å². The standard InChI is InChI=1S/C15H23BrFN/c1-4-8-18-15(9-11(3)5-2)13-10-12(17)6-7-14(13)16/h6-7,10-11,15,18H,4-5,8-9H2,1-3H3. The molecule has 0 bridgehead atoms. The van der Waals surface area contributed by atoms with Gasteiger partial charge in [-0.2, -0.15) is 0 Å². The van der Waals surface area contributed by atoms with Crippen molar-refractivity contribution in [1.82, 2.24) is 5.32 Å². The lowest BCUT2D eigenvalue weighted by molar-refractivity contribution is 0.400. The second kappa shape index (κ2) is 7.90. The Morgan fingerprint density at radius 1 is 1.33 bits per heavy atom. The van der Waals surface area contributed by atoms with Crippen LogP contribution >= 0.6 is 15.9 Å². The summed E-state index contributed by atoms with van der Waals surface area (Å²) in [6.07, 6.45) is 3.28. The molecule has 3 heteroatoms. The maximum Gasteiger partial charge on any atom is 0.123 e. The third-order valence-corrected chi connectivity index (χ3v) is 4.03. The highest BCUT2D eigenvalue weighted by molar-refractivity contribution is 9.10. The van der Waals surface area contributed by atoms with Crippen LogP contribution in [0.5, 0.6) is 0 Å². The third kappa shape index (κ3) is 4.69. The first-order valence-electron chi connectivity index (χ1n) is 6.76. The maximum absolute atomic E-state index is 13.4. The van der Waals surface area contributed by atoms with E-state index in [1.165, 1.54) is 6.07 Å². The summed E-state index contributed by atoms with van der Waals surface area (Å²) < 4.78 is 14.4. The summed E-state index contributed by atoms with van der Waals surface area (Å²) in [5.74, 6) is 0.468. The predicted octanol–water partition coefficient (Wildman–Crippen LogP) is 5.07. The molecular weight excluding hydrogens is 293 g/mol. The molecule has 18 heavy (non-hydrogen) atoms. The first-order chi connectivity index (χ1) is 8.58. The molecule has 0 aliphatic rings. The van der Waals surface area contributed by atoms with Gasteiger partial charge in [0.25, 0.3) is 0 Å². The molecule has 0 saturated heterocycles. The Bertz CT molecular complexity index is 368. The van der Waals surface area contributed by atoms with Crippen molar-refractivity contribution in [1.29, 1.82) is 0 Å². The number of rotatable bonds is 7. The molecule has 0 spiro atoms. The summed E-state index contributed by atoms with van der Waals surface area (Å²) >= 11 is 3.53. The summed E-state index contributed by atoms with van der Waals surface area (Å²) in [4.78, 5) is 0. The van der Waals surface area contributed by atoms with Crippen molar-refractivity contribution in [2.45, 2.75) is 46.1 Å². The predicted molar refractivity (Wildman–Crippen MR) is 79.2 cm³/mol. The van der Waals surface area contributed by atoms with Crippen LogP contribution in [0.1, 0.15) is 51.6 Å². The van der Waals surface area contributed by atoms with Crippen molar-refractivity contribution < 1.29 is 4.39 Å². The Kier molecular flexibility index (Phi) is 6.87. The number of halogens is 2. The van der Waals surface area contributed by atoms with Crippen LogP contribution in [0, 0.1) is 11.7 Å². The lowest BCUT2D eigenvalue weighted by Gasteiger charge is -2.23. The van der Waals surface area contributed by atoms with E-state index in [1.807, 2.05) is 0 Å². The lowest BCUT2D eigenvalue weighted by atomic mass is 9.94. The minimum absolute atomic E-state index is 0.166. The fourth-order valence-corrected chi connectivity index (χ4v) is 2.51. The van der Waals surface area contributed by atoms with Crippen LogP contribution in [-0.4, -0.2) is 6.54 Å². The Balaban J connectivity index is 2.89. The van der Waals surface area contributed by atoms with E-state index in [9.17, 15) is 4.39 Å². The largest absolute Gasteiger partial charge is 0.310 e. The van der Waals surface area contributed by atoms with Crippen molar-refractivity contribution in [3.05, 3.63) is 34.1 Å². The Hall–Kier alpha value is -0.410. The molecule has 0 aromatic heterocycles. The zero-order valence-electron chi connectivity index (χ0n) is 11.5. The molecule has 102 valence electrons. The number of benzene rings is 1. The SMILES string of the molecule is CCCNC(CC(C)CC)c1cc(F)ccc1Br. The molecule has 0 aliphatic heterocycles. The molecule has 1 rings (SSSR count). The van der Waals surface area contributed by atoms with Gasteiger partial charge in [0.2, 0.25) is 0 Å². The molecular formula is C15H23BrFN. The zero-order valence-corrected chi connectivity index (χ0v) is 13.1. The topological polar surface area (TPSA) is 12.0 Å². The van der Waals surface area contributed by atoms with Crippen LogP contribution in [0.4, 0.5) is 4.39 Å². The number of hydrogen-bond donors (Lipinski definition) is 1. The van der Waals surface area contributed by atoms with Crippen molar-refractivity contribution in [2.75, 3.05) is 6.54 Å². The maximum atomic E-state index is 13.4. The van der Waals surface area contributed by atoms with Gasteiger partial charge in [-0.3, -0.25) is 0 Å². The minimum atomic E-state index is -0.166. The van der Waals surface area contributed by atoms with Crippen LogP contribution in [0.25, 0.3) is 0 Å². The minimum Gasteiger partial charge on any atom is -0.310 e. The van der Waals surface area contributed by atoms with E-state index in [0.29, 0.717) is 5.92 Å². The molecule has 0 amide bonds. The Labute approximate surface area is 118 Å². The molecule has 0 aliphatic carbocycles. The zero-order chi connectivity index (χ0) is 13.5. The van der Waals surface area contributed by atoms with E-state index in [4.69, 9.17) is 0 Å². The molecule has 1 aromatic rings. The van der Waals surface area contributed by atoms with Crippen LogP contribution < -0.4 is 5.32 Å². The summed E-state index contributed by atoms with van der Waals surface area (Å²) in [5.41, 5.74) is 1.03. The fourth-order valence-electron chi connectivity index (χ4n) is 1.99. The van der Waals surface area contributed by atoms with Crippen LogP contribution in [0.15, 0.2) is 22.7 Å². The van der Waals surface area contributed by atoms with Crippen LogP contribution in [-0.2, 0) is 0 Å². The van der Waals surface area contributed by atoms with E-state index in [0.717, 1.165) is 35.8 Å². The van der Waals surface area contributed by atoms with Gasteiger partial charge in [0.15, 0.2) is 0 Å². The normalized spacial score (nSPS) is 14.5. The smallest absolute Gasteiger partial charge is 0.123 e.